The molecule has 4 nitrogen and oxygen atoms in total. The maximum absolute atomic E-state index is 11.7. The van der Waals surface area contributed by atoms with Gasteiger partial charge in [0.25, 0.3) is 0 Å². The van der Waals surface area contributed by atoms with Gasteiger partial charge in [0.05, 0.1) is 12.0 Å². The Morgan fingerprint density at radius 3 is 2.04 bits per heavy atom. The van der Waals surface area contributed by atoms with Gasteiger partial charge in [-0.05, 0) is 17.9 Å². The Balaban J connectivity index is 1.39. The van der Waals surface area contributed by atoms with Crippen molar-refractivity contribution in [2.24, 2.45) is 0 Å². The highest BCUT2D eigenvalue weighted by molar-refractivity contribution is 7.16. The van der Waals surface area contributed by atoms with Crippen LogP contribution in [0.5, 0.6) is 6.08 Å². The monoisotopic (exact) mass is 393 g/mol. The first-order chi connectivity index (χ1) is 13.3. The topological polar surface area (TPSA) is 52.3 Å². The van der Waals surface area contributed by atoms with Crippen LogP contribution in [-0.2, 0) is 0 Å². The number of unbranched alkanes of at least 4 members (excludes halogenated alkanes) is 13. The van der Waals surface area contributed by atoms with E-state index in [1.54, 1.807) is 6.07 Å². The van der Waals surface area contributed by atoms with Crippen molar-refractivity contribution in [3.63, 3.8) is 0 Å². The molecule has 0 saturated carbocycles. The smallest absolute Gasteiger partial charge is 0.397 e. The summed E-state index contributed by atoms with van der Waals surface area (Å²) in [6, 6.07) is 1.73. The minimum Gasteiger partial charge on any atom is -0.450 e. The van der Waals surface area contributed by atoms with Gasteiger partial charge in [-0.25, -0.2) is 4.79 Å². The third-order valence-corrected chi connectivity index (χ3v) is 5.77. The van der Waals surface area contributed by atoms with Gasteiger partial charge in [0.15, 0.2) is 0 Å². The van der Waals surface area contributed by atoms with Crippen molar-refractivity contribution < 1.29 is 9.15 Å². The molecule has 0 aromatic carbocycles. The number of rotatable bonds is 16. The molecule has 0 aliphatic heterocycles. The van der Waals surface area contributed by atoms with E-state index in [1.165, 1.54) is 88.4 Å². The summed E-state index contributed by atoms with van der Waals surface area (Å²) >= 11 is 1.43. The number of aromatic nitrogens is 1. The van der Waals surface area contributed by atoms with Crippen LogP contribution in [-0.4, -0.2) is 11.6 Å². The van der Waals surface area contributed by atoms with E-state index in [0.29, 0.717) is 16.8 Å². The molecule has 0 aliphatic rings. The molecule has 0 amide bonds. The van der Waals surface area contributed by atoms with Crippen molar-refractivity contribution >= 4 is 21.6 Å². The molecule has 0 spiro atoms. The standard InChI is InChI=1S/C22H35NO3S/c1-2-3-4-5-6-7-8-9-10-11-12-13-14-15-17-25-22-23-20-19(16-18-27-20)21(24)26-22/h16,18H,2-15,17H2,1H3. The van der Waals surface area contributed by atoms with Gasteiger partial charge in [0.1, 0.15) is 4.83 Å². The molecule has 2 heterocycles. The van der Waals surface area contributed by atoms with Crippen LogP contribution in [0.15, 0.2) is 20.7 Å². The molecular weight excluding hydrogens is 358 g/mol. The second-order valence-electron chi connectivity index (χ2n) is 7.35. The maximum atomic E-state index is 11.7. The van der Waals surface area contributed by atoms with E-state index in [0.717, 1.165) is 12.8 Å². The Morgan fingerprint density at radius 1 is 0.889 bits per heavy atom. The van der Waals surface area contributed by atoms with Crippen molar-refractivity contribution in [1.82, 2.24) is 4.98 Å². The Kier molecular flexibility index (Phi) is 11.2. The highest BCUT2D eigenvalue weighted by atomic mass is 32.1. The van der Waals surface area contributed by atoms with E-state index in [2.05, 4.69) is 11.9 Å². The molecule has 2 aromatic rings. The van der Waals surface area contributed by atoms with E-state index in [9.17, 15) is 4.79 Å². The molecule has 5 heteroatoms. The largest absolute Gasteiger partial charge is 0.450 e. The van der Waals surface area contributed by atoms with Crippen molar-refractivity contribution in [3.05, 3.63) is 21.9 Å². The minimum atomic E-state index is -0.364. The summed E-state index contributed by atoms with van der Waals surface area (Å²) in [4.78, 5) is 16.7. The molecule has 2 aromatic heterocycles. The van der Waals surface area contributed by atoms with Crippen LogP contribution in [0, 0.1) is 0 Å². The predicted octanol–water partition coefficient (Wildman–Crippen LogP) is 7.11. The number of thiophene rings is 1. The van der Waals surface area contributed by atoms with Gasteiger partial charge in [-0.2, -0.15) is 4.98 Å². The predicted molar refractivity (Wildman–Crippen MR) is 114 cm³/mol. The van der Waals surface area contributed by atoms with Gasteiger partial charge in [-0.15, -0.1) is 11.3 Å². The zero-order valence-electron chi connectivity index (χ0n) is 16.8. The Bertz CT molecular complexity index is 679. The fourth-order valence-electron chi connectivity index (χ4n) is 3.30. The van der Waals surface area contributed by atoms with Gasteiger partial charge in [-0.1, -0.05) is 90.4 Å². The van der Waals surface area contributed by atoms with Crippen LogP contribution in [0.1, 0.15) is 96.8 Å². The zero-order valence-corrected chi connectivity index (χ0v) is 17.7. The number of hydrogen-bond donors (Lipinski definition) is 0. The van der Waals surface area contributed by atoms with E-state index >= 15 is 0 Å². The molecular formula is C22H35NO3S. The summed E-state index contributed by atoms with van der Waals surface area (Å²) in [6.45, 7) is 2.83. The molecule has 27 heavy (non-hydrogen) atoms. The van der Waals surface area contributed by atoms with E-state index in [1.807, 2.05) is 5.38 Å². The number of ether oxygens (including phenoxy) is 1. The Labute approximate surface area is 167 Å². The fraction of sp³-hybridized carbons (Fsp3) is 0.727. The molecule has 0 radical (unpaired) electrons. The van der Waals surface area contributed by atoms with Gasteiger partial charge in [-0.3, -0.25) is 0 Å². The van der Waals surface area contributed by atoms with Crippen LogP contribution in [0.25, 0.3) is 10.2 Å². The second-order valence-corrected chi connectivity index (χ2v) is 8.25. The third-order valence-electron chi connectivity index (χ3n) is 4.96. The molecule has 2 rings (SSSR count). The summed E-state index contributed by atoms with van der Waals surface area (Å²) in [6.07, 6.45) is 18.8. The molecule has 0 unspecified atom stereocenters. The molecule has 0 N–H and O–H groups in total. The molecule has 0 atom stereocenters. The Morgan fingerprint density at radius 2 is 1.44 bits per heavy atom. The summed E-state index contributed by atoms with van der Waals surface area (Å²) < 4.78 is 10.6. The molecule has 0 fully saturated rings. The number of nitrogens with zero attached hydrogens (tertiary/aromatic N) is 1. The normalized spacial score (nSPS) is 11.3. The maximum Gasteiger partial charge on any atom is 0.397 e. The lowest BCUT2D eigenvalue weighted by Gasteiger charge is -2.04. The van der Waals surface area contributed by atoms with Gasteiger partial charge in [0, 0.05) is 0 Å². The quantitative estimate of drug-likeness (QED) is 0.285. The Hall–Kier alpha value is -1.36. The average molecular weight is 394 g/mol. The molecule has 0 aliphatic carbocycles. The van der Waals surface area contributed by atoms with Crippen LogP contribution < -0.4 is 10.4 Å². The lowest BCUT2D eigenvalue weighted by atomic mass is 10.0. The lowest BCUT2D eigenvalue weighted by Crippen LogP contribution is -2.05. The highest BCUT2D eigenvalue weighted by Crippen LogP contribution is 2.18. The summed E-state index contributed by atoms with van der Waals surface area (Å²) in [5, 5.41) is 2.37. The first-order valence-electron chi connectivity index (χ1n) is 10.8. The van der Waals surface area contributed by atoms with Crippen molar-refractivity contribution in [3.8, 4) is 6.08 Å². The fourth-order valence-corrected chi connectivity index (χ4v) is 4.04. The molecule has 152 valence electrons. The summed E-state index contributed by atoms with van der Waals surface area (Å²) in [5.41, 5.74) is -0.364. The van der Waals surface area contributed by atoms with Gasteiger partial charge < -0.3 is 9.15 Å². The van der Waals surface area contributed by atoms with E-state index in [-0.39, 0.29) is 11.7 Å². The summed E-state index contributed by atoms with van der Waals surface area (Å²) in [5.74, 6) is 0. The average Bonchev–Trinajstić information content (AvgIpc) is 3.14. The van der Waals surface area contributed by atoms with Crippen molar-refractivity contribution in [2.45, 2.75) is 96.8 Å². The number of fused-ring (bicyclic) bond motifs is 1. The minimum absolute atomic E-state index is 0.102. The third kappa shape index (κ3) is 8.91. The van der Waals surface area contributed by atoms with Crippen LogP contribution in [0.3, 0.4) is 0 Å². The van der Waals surface area contributed by atoms with Gasteiger partial charge >= 0.3 is 11.7 Å². The second kappa shape index (κ2) is 13.8. The first kappa shape index (κ1) is 21.9. The van der Waals surface area contributed by atoms with Gasteiger partial charge in [0.2, 0.25) is 0 Å². The van der Waals surface area contributed by atoms with Crippen LogP contribution in [0.2, 0.25) is 0 Å². The van der Waals surface area contributed by atoms with Crippen LogP contribution in [0.4, 0.5) is 0 Å². The highest BCUT2D eigenvalue weighted by Gasteiger charge is 2.07. The molecule has 0 saturated heterocycles. The number of hydrogen-bond acceptors (Lipinski definition) is 5. The molecule has 0 bridgehead atoms. The van der Waals surface area contributed by atoms with Crippen LogP contribution >= 0.6 is 11.3 Å². The first-order valence-corrected chi connectivity index (χ1v) is 11.7. The lowest BCUT2D eigenvalue weighted by molar-refractivity contribution is 0.211. The summed E-state index contributed by atoms with van der Waals surface area (Å²) in [7, 11) is 0. The van der Waals surface area contributed by atoms with Crippen molar-refractivity contribution in [1.29, 1.82) is 0 Å². The zero-order chi connectivity index (χ0) is 19.2. The van der Waals surface area contributed by atoms with E-state index < -0.39 is 0 Å². The van der Waals surface area contributed by atoms with Crippen molar-refractivity contribution in [2.75, 3.05) is 6.61 Å². The van der Waals surface area contributed by atoms with E-state index in [4.69, 9.17) is 9.15 Å². The SMILES string of the molecule is CCCCCCCCCCCCCCCCOc1nc2sccc2c(=O)o1.